The molecule has 0 radical (unpaired) electrons. The number of nitrogens with one attached hydrogen (secondary N) is 1. The van der Waals surface area contributed by atoms with Gasteiger partial charge in [-0.2, -0.15) is 0 Å². The van der Waals surface area contributed by atoms with E-state index in [1.807, 2.05) is 20.8 Å². The number of amides is 2. The van der Waals surface area contributed by atoms with Crippen molar-refractivity contribution in [1.82, 2.24) is 10.2 Å². The maximum atomic E-state index is 11.9. The Morgan fingerprint density at radius 1 is 1.47 bits per heavy atom. The van der Waals surface area contributed by atoms with Crippen LogP contribution in [-0.2, 0) is 9.59 Å². The lowest BCUT2D eigenvalue weighted by atomic mass is 10.1. The predicted octanol–water partition coefficient (Wildman–Crippen LogP) is -1.18. The van der Waals surface area contributed by atoms with Crippen LogP contribution in [0.4, 0.5) is 0 Å². The van der Waals surface area contributed by atoms with Crippen molar-refractivity contribution in [2.24, 2.45) is 5.73 Å². The molecule has 6 heteroatoms. The third kappa shape index (κ3) is 3.98. The zero-order chi connectivity index (χ0) is 13.2. The molecule has 0 saturated carbocycles. The number of β-amino-alcohol motifs (C(OH)–C–C–N with tert-alkyl or cyclic N) is 1. The maximum absolute atomic E-state index is 11.9. The minimum atomic E-state index is -0.681. The normalized spacial score (nSPS) is 25.1. The Morgan fingerprint density at radius 2 is 2.06 bits per heavy atom. The second-order valence-corrected chi connectivity index (χ2v) is 5.46. The summed E-state index contributed by atoms with van der Waals surface area (Å²) in [7, 11) is 0. The number of rotatable bonds is 3. The number of primary amides is 1. The van der Waals surface area contributed by atoms with Crippen molar-refractivity contribution in [2.75, 3.05) is 13.1 Å². The Kier molecular flexibility index (Phi) is 4.11. The second kappa shape index (κ2) is 5.01. The van der Waals surface area contributed by atoms with Gasteiger partial charge >= 0.3 is 0 Å². The molecule has 0 aromatic carbocycles. The third-order valence-electron chi connectivity index (χ3n) is 2.70. The minimum Gasteiger partial charge on any atom is -0.391 e. The van der Waals surface area contributed by atoms with Gasteiger partial charge in [-0.15, -0.1) is 0 Å². The molecule has 4 N–H and O–H groups in total. The van der Waals surface area contributed by atoms with E-state index in [1.54, 1.807) is 0 Å². The maximum Gasteiger partial charge on any atom is 0.240 e. The summed E-state index contributed by atoms with van der Waals surface area (Å²) in [5.41, 5.74) is 5.04. The van der Waals surface area contributed by atoms with Gasteiger partial charge in [-0.25, -0.2) is 0 Å². The molecule has 1 aliphatic rings. The zero-order valence-corrected chi connectivity index (χ0v) is 10.6. The van der Waals surface area contributed by atoms with Crippen molar-refractivity contribution in [3.63, 3.8) is 0 Å². The molecule has 0 aliphatic carbocycles. The van der Waals surface area contributed by atoms with Crippen LogP contribution in [0.3, 0.4) is 0 Å². The molecular formula is C11H21N3O3. The van der Waals surface area contributed by atoms with E-state index in [9.17, 15) is 14.7 Å². The fraction of sp³-hybridized carbons (Fsp3) is 0.818. The fourth-order valence-corrected chi connectivity index (χ4v) is 1.80. The lowest BCUT2D eigenvalue weighted by molar-refractivity contribution is -0.136. The molecule has 1 aliphatic heterocycles. The highest BCUT2D eigenvalue weighted by Gasteiger charge is 2.37. The second-order valence-electron chi connectivity index (χ2n) is 5.46. The number of aliphatic hydroxyl groups excluding tert-OH is 1. The smallest absolute Gasteiger partial charge is 0.240 e. The standard InChI is InChI=1S/C11H21N3O3/c1-11(2,3)13-5-9(16)14-6-7(15)4-8(14)10(12)17/h7-8,13,15H,4-6H2,1-3H3,(H2,12,17). The van der Waals surface area contributed by atoms with Gasteiger partial charge in [0.15, 0.2) is 0 Å². The van der Waals surface area contributed by atoms with Gasteiger partial charge in [-0.1, -0.05) is 0 Å². The van der Waals surface area contributed by atoms with Crippen LogP contribution >= 0.6 is 0 Å². The summed E-state index contributed by atoms with van der Waals surface area (Å²) in [4.78, 5) is 24.4. The zero-order valence-electron chi connectivity index (χ0n) is 10.6. The average Bonchev–Trinajstić information content (AvgIpc) is 2.55. The van der Waals surface area contributed by atoms with E-state index in [1.165, 1.54) is 4.90 Å². The molecule has 0 aromatic heterocycles. The van der Waals surface area contributed by atoms with Gasteiger partial charge in [0.05, 0.1) is 12.6 Å². The molecule has 2 unspecified atom stereocenters. The average molecular weight is 243 g/mol. The molecule has 17 heavy (non-hydrogen) atoms. The molecule has 98 valence electrons. The van der Waals surface area contributed by atoms with E-state index in [2.05, 4.69) is 5.32 Å². The van der Waals surface area contributed by atoms with Gasteiger partial charge in [0.25, 0.3) is 0 Å². The molecule has 0 bridgehead atoms. The van der Waals surface area contributed by atoms with Crippen LogP contribution in [0.25, 0.3) is 0 Å². The number of hydrogen-bond acceptors (Lipinski definition) is 4. The molecule has 0 spiro atoms. The van der Waals surface area contributed by atoms with Crippen molar-refractivity contribution in [3.05, 3.63) is 0 Å². The Bertz CT molecular complexity index is 312. The SMILES string of the molecule is CC(C)(C)NCC(=O)N1CC(O)CC1C(N)=O. The molecule has 1 saturated heterocycles. The van der Waals surface area contributed by atoms with E-state index in [0.717, 1.165) is 0 Å². The monoisotopic (exact) mass is 243 g/mol. The van der Waals surface area contributed by atoms with Gasteiger partial charge in [0, 0.05) is 18.5 Å². The summed E-state index contributed by atoms with van der Waals surface area (Å²) in [6.45, 7) is 6.16. The van der Waals surface area contributed by atoms with Crippen LogP contribution < -0.4 is 11.1 Å². The largest absolute Gasteiger partial charge is 0.391 e. The predicted molar refractivity (Wildman–Crippen MR) is 63.1 cm³/mol. The van der Waals surface area contributed by atoms with E-state index in [-0.39, 0.29) is 31.0 Å². The Labute approximate surface area is 101 Å². The highest BCUT2D eigenvalue weighted by molar-refractivity contribution is 5.88. The summed E-state index contributed by atoms with van der Waals surface area (Å²) in [6, 6.07) is -0.681. The molecule has 1 fully saturated rings. The number of aliphatic hydroxyl groups is 1. The van der Waals surface area contributed by atoms with E-state index < -0.39 is 18.1 Å². The molecular weight excluding hydrogens is 222 g/mol. The van der Waals surface area contributed by atoms with E-state index in [4.69, 9.17) is 5.73 Å². The van der Waals surface area contributed by atoms with E-state index >= 15 is 0 Å². The first-order valence-electron chi connectivity index (χ1n) is 5.72. The molecule has 2 atom stereocenters. The summed E-state index contributed by atoms with van der Waals surface area (Å²) < 4.78 is 0. The Hall–Kier alpha value is -1.14. The van der Waals surface area contributed by atoms with Crippen LogP contribution in [0, 0.1) is 0 Å². The van der Waals surface area contributed by atoms with Crippen LogP contribution in [0.15, 0.2) is 0 Å². The van der Waals surface area contributed by atoms with Crippen LogP contribution in [-0.4, -0.2) is 52.6 Å². The van der Waals surface area contributed by atoms with Gasteiger partial charge in [-0.05, 0) is 20.8 Å². The van der Waals surface area contributed by atoms with Crippen molar-refractivity contribution >= 4 is 11.8 Å². The lowest BCUT2D eigenvalue weighted by Crippen LogP contribution is -2.49. The van der Waals surface area contributed by atoms with Crippen LogP contribution in [0.2, 0.25) is 0 Å². The molecule has 2 amide bonds. The number of nitrogens with two attached hydrogens (primary N) is 1. The number of carbonyl (C=O) groups is 2. The van der Waals surface area contributed by atoms with Crippen molar-refractivity contribution in [2.45, 2.75) is 44.9 Å². The fourth-order valence-electron chi connectivity index (χ4n) is 1.80. The van der Waals surface area contributed by atoms with E-state index in [0.29, 0.717) is 0 Å². The number of nitrogens with zero attached hydrogens (tertiary/aromatic N) is 1. The summed E-state index contributed by atoms with van der Waals surface area (Å²) in [5, 5.41) is 12.5. The molecule has 0 aromatic rings. The first kappa shape index (κ1) is 13.9. The van der Waals surface area contributed by atoms with Crippen molar-refractivity contribution < 1.29 is 14.7 Å². The summed E-state index contributed by atoms with van der Waals surface area (Å²) >= 11 is 0. The number of hydrogen-bond donors (Lipinski definition) is 3. The molecule has 6 nitrogen and oxygen atoms in total. The number of carbonyl (C=O) groups excluding carboxylic acids is 2. The van der Waals surface area contributed by atoms with Crippen LogP contribution in [0.5, 0.6) is 0 Å². The first-order valence-corrected chi connectivity index (χ1v) is 5.72. The molecule has 1 rings (SSSR count). The first-order chi connectivity index (χ1) is 7.70. The highest BCUT2D eigenvalue weighted by atomic mass is 16.3. The van der Waals surface area contributed by atoms with Gasteiger partial charge in [0.2, 0.25) is 11.8 Å². The molecule has 1 heterocycles. The number of likely N-dealkylation sites (tertiary alicyclic amines) is 1. The third-order valence-corrected chi connectivity index (χ3v) is 2.70. The van der Waals surface area contributed by atoms with Gasteiger partial charge in [-0.3, -0.25) is 9.59 Å². The highest BCUT2D eigenvalue weighted by Crippen LogP contribution is 2.17. The van der Waals surface area contributed by atoms with Gasteiger partial charge < -0.3 is 21.1 Å². The van der Waals surface area contributed by atoms with Crippen molar-refractivity contribution in [1.29, 1.82) is 0 Å². The summed E-state index contributed by atoms with van der Waals surface area (Å²) in [6.07, 6.45) is -0.428. The summed E-state index contributed by atoms with van der Waals surface area (Å²) in [5.74, 6) is -0.772. The topological polar surface area (TPSA) is 95.7 Å². The van der Waals surface area contributed by atoms with Gasteiger partial charge in [0.1, 0.15) is 6.04 Å². The minimum absolute atomic E-state index is 0.139. The Balaban J connectivity index is 2.59. The quantitative estimate of drug-likeness (QED) is 0.581. The van der Waals surface area contributed by atoms with Crippen molar-refractivity contribution in [3.8, 4) is 0 Å². The lowest BCUT2D eigenvalue weighted by Gasteiger charge is -2.25. The van der Waals surface area contributed by atoms with Crippen LogP contribution in [0.1, 0.15) is 27.2 Å². The Morgan fingerprint density at radius 3 is 2.53 bits per heavy atom.